The molecule has 9 nitrogen and oxygen atoms in total. The molecule has 0 aliphatic carbocycles. The first-order valence-electron chi connectivity index (χ1n) is 27.2. The van der Waals surface area contributed by atoms with Gasteiger partial charge in [-0.25, -0.2) is 0 Å². The molecule has 0 aromatic rings. The van der Waals surface area contributed by atoms with Gasteiger partial charge in [-0.1, -0.05) is 251 Å². The molecule has 63 heavy (non-hydrogen) atoms. The minimum Gasteiger partial charge on any atom is -0.756 e. The summed E-state index contributed by atoms with van der Waals surface area (Å²) < 4.78 is 34.1. The molecule has 0 aliphatic heterocycles. The van der Waals surface area contributed by atoms with Gasteiger partial charge in [0.25, 0.3) is 7.82 Å². The largest absolute Gasteiger partial charge is 0.756 e. The van der Waals surface area contributed by atoms with E-state index in [1.165, 1.54) is 212 Å². The Balaban J connectivity index is 4.16. The monoisotopic (exact) mass is 916 g/mol. The van der Waals surface area contributed by atoms with Crippen LogP contribution in [0.4, 0.5) is 0 Å². The van der Waals surface area contributed by atoms with E-state index < -0.39 is 26.5 Å². The van der Waals surface area contributed by atoms with Crippen molar-refractivity contribution in [1.29, 1.82) is 0 Å². The van der Waals surface area contributed by atoms with Crippen molar-refractivity contribution in [3.05, 3.63) is 0 Å². The maximum atomic E-state index is 12.8. The van der Waals surface area contributed by atoms with E-state index >= 15 is 0 Å². The highest BCUT2D eigenvalue weighted by Crippen LogP contribution is 2.38. The molecule has 0 aliphatic rings. The van der Waals surface area contributed by atoms with Crippen LogP contribution >= 0.6 is 7.82 Å². The van der Waals surface area contributed by atoms with Crippen molar-refractivity contribution in [2.75, 3.05) is 47.5 Å². The van der Waals surface area contributed by atoms with Crippen LogP contribution in [0.1, 0.15) is 277 Å². The van der Waals surface area contributed by atoms with Gasteiger partial charge < -0.3 is 27.9 Å². The van der Waals surface area contributed by atoms with E-state index in [1.54, 1.807) is 0 Å². The highest BCUT2D eigenvalue weighted by Gasteiger charge is 2.22. The van der Waals surface area contributed by atoms with Gasteiger partial charge in [-0.05, 0) is 12.8 Å². The number of nitrogens with zero attached hydrogens (tertiary/aromatic N) is 1. The summed E-state index contributed by atoms with van der Waals surface area (Å²) >= 11 is 0. The maximum absolute atomic E-state index is 12.8. The van der Waals surface area contributed by atoms with Crippen molar-refractivity contribution in [2.24, 2.45) is 0 Å². The summed E-state index contributed by atoms with van der Waals surface area (Å²) in [5.74, 6) is -0.811. The molecule has 0 spiro atoms. The molecule has 0 heterocycles. The molecular weight excluding hydrogens is 810 g/mol. The zero-order chi connectivity index (χ0) is 46.4. The van der Waals surface area contributed by atoms with Crippen molar-refractivity contribution in [2.45, 2.75) is 283 Å². The van der Waals surface area contributed by atoms with E-state index in [0.717, 1.165) is 32.1 Å². The third-order valence-electron chi connectivity index (χ3n) is 12.4. The lowest BCUT2D eigenvalue weighted by atomic mass is 10.0. The van der Waals surface area contributed by atoms with Crippen LogP contribution in [0.3, 0.4) is 0 Å². The molecule has 0 fully saturated rings. The number of carbonyl (C=O) groups excluding carboxylic acids is 2. The summed E-state index contributed by atoms with van der Waals surface area (Å²) in [5, 5.41) is 0. The van der Waals surface area contributed by atoms with Crippen LogP contribution in [0.2, 0.25) is 0 Å². The highest BCUT2D eigenvalue weighted by atomic mass is 31.2. The number of quaternary nitrogens is 1. The molecule has 0 saturated carbocycles. The second kappa shape index (κ2) is 46.1. The number of ether oxygens (including phenoxy) is 2. The molecular formula is C53H106NO8P. The Kier molecular flexibility index (Phi) is 45.4. The third kappa shape index (κ3) is 50.3. The van der Waals surface area contributed by atoms with Crippen LogP contribution in [0, 0.1) is 0 Å². The molecule has 2 atom stereocenters. The second-order valence-corrected chi connectivity index (χ2v) is 21.4. The first-order chi connectivity index (χ1) is 30.5. The summed E-state index contributed by atoms with van der Waals surface area (Å²) in [6.45, 7) is 4.30. The zero-order valence-corrected chi connectivity index (χ0v) is 43.5. The van der Waals surface area contributed by atoms with E-state index in [9.17, 15) is 19.0 Å². The first-order valence-corrected chi connectivity index (χ1v) is 28.7. The van der Waals surface area contributed by atoms with Gasteiger partial charge in [-0.15, -0.1) is 0 Å². The van der Waals surface area contributed by atoms with E-state index in [0.29, 0.717) is 17.4 Å². The van der Waals surface area contributed by atoms with Crippen molar-refractivity contribution in [3.8, 4) is 0 Å². The molecule has 0 N–H and O–H groups in total. The standard InChI is InChI=1S/C53H106NO8P/c1-6-8-10-12-14-16-18-20-22-24-26-28-29-31-33-35-37-39-41-43-45-52(55)59-49-51(50-61-63(57,58)60-48-47-54(3,4)5)62-53(56)46-44-42-40-38-36-34-32-30-27-25-23-21-19-17-15-13-11-9-7-2/h51H,6-50H2,1-5H3/t51-/m1/s1. The normalized spacial score (nSPS) is 13.3. The second-order valence-electron chi connectivity index (χ2n) is 20.0. The lowest BCUT2D eigenvalue weighted by molar-refractivity contribution is -0.870. The smallest absolute Gasteiger partial charge is 0.306 e. The fourth-order valence-corrected chi connectivity index (χ4v) is 8.86. The molecule has 10 heteroatoms. The number of likely N-dealkylation sites (N-methyl/N-ethyl adjacent to an activating group) is 1. The predicted molar refractivity (Wildman–Crippen MR) is 264 cm³/mol. The molecule has 0 bridgehead atoms. The van der Waals surface area contributed by atoms with Gasteiger partial charge in [0, 0.05) is 12.8 Å². The van der Waals surface area contributed by atoms with E-state index in [-0.39, 0.29) is 32.0 Å². The Morgan fingerprint density at radius 2 is 0.714 bits per heavy atom. The number of unbranched alkanes of at least 4 members (excludes halogenated alkanes) is 37. The summed E-state index contributed by atoms with van der Waals surface area (Å²) in [7, 11) is 1.19. The van der Waals surface area contributed by atoms with Gasteiger partial charge >= 0.3 is 11.9 Å². The van der Waals surface area contributed by atoms with Crippen LogP contribution in [0.25, 0.3) is 0 Å². The number of hydrogen-bond donors (Lipinski definition) is 0. The highest BCUT2D eigenvalue weighted by molar-refractivity contribution is 7.45. The number of hydrogen-bond acceptors (Lipinski definition) is 8. The van der Waals surface area contributed by atoms with E-state index in [4.69, 9.17) is 18.5 Å². The minimum absolute atomic E-state index is 0.0252. The molecule has 0 aromatic carbocycles. The number of phosphoric acid groups is 1. The van der Waals surface area contributed by atoms with Gasteiger partial charge in [0.15, 0.2) is 6.10 Å². The Bertz CT molecular complexity index is 1040. The van der Waals surface area contributed by atoms with Crippen LogP contribution in [-0.2, 0) is 32.7 Å². The lowest BCUT2D eigenvalue weighted by Gasteiger charge is -2.28. The fraction of sp³-hybridized carbons (Fsp3) is 0.962. The molecule has 0 saturated heterocycles. The molecule has 0 rings (SSSR count). The number of phosphoric ester groups is 1. The van der Waals surface area contributed by atoms with Crippen molar-refractivity contribution < 1.29 is 42.1 Å². The SMILES string of the molecule is CCCCCCCCCCCCCCCCCCCCCCC(=O)OC[C@H](COP(=O)([O-])OCC[N+](C)(C)C)OC(=O)CCCCCCCCCCCCCCCCCCCCC. The van der Waals surface area contributed by atoms with Crippen molar-refractivity contribution >= 4 is 19.8 Å². The Labute approximate surface area is 391 Å². The first kappa shape index (κ1) is 62.0. The predicted octanol–water partition coefficient (Wildman–Crippen LogP) is 15.7. The molecule has 0 radical (unpaired) electrons. The average molecular weight is 916 g/mol. The fourth-order valence-electron chi connectivity index (χ4n) is 8.13. The van der Waals surface area contributed by atoms with Gasteiger partial charge in [-0.3, -0.25) is 14.2 Å². The maximum Gasteiger partial charge on any atom is 0.306 e. The average Bonchev–Trinajstić information content (AvgIpc) is 3.24. The van der Waals surface area contributed by atoms with Crippen molar-refractivity contribution in [3.63, 3.8) is 0 Å². The quantitative estimate of drug-likeness (QED) is 0.0257. The Morgan fingerprint density at radius 3 is 1.02 bits per heavy atom. The topological polar surface area (TPSA) is 111 Å². The molecule has 376 valence electrons. The van der Waals surface area contributed by atoms with Gasteiger partial charge in [0.2, 0.25) is 0 Å². The van der Waals surface area contributed by atoms with Gasteiger partial charge in [-0.2, -0.15) is 0 Å². The lowest BCUT2D eigenvalue weighted by Crippen LogP contribution is -2.37. The number of carbonyl (C=O) groups is 2. The zero-order valence-electron chi connectivity index (χ0n) is 42.6. The summed E-state index contributed by atoms with van der Waals surface area (Å²) in [6, 6.07) is 0. The van der Waals surface area contributed by atoms with Crippen LogP contribution in [-0.4, -0.2) is 70.0 Å². The third-order valence-corrected chi connectivity index (χ3v) is 13.3. The van der Waals surface area contributed by atoms with Gasteiger partial charge in [0.05, 0.1) is 27.7 Å². The summed E-state index contributed by atoms with van der Waals surface area (Å²) in [6.07, 6.45) is 49.9. The van der Waals surface area contributed by atoms with E-state index in [2.05, 4.69) is 13.8 Å². The summed E-state index contributed by atoms with van der Waals surface area (Å²) in [4.78, 5) is 37.8. The van der Waals surface area contributed by atoms with Crippen LogP contribution in [0.15, 0.2) is 0 Å². The summed E-state index contributed by atoms with van der Waals surface area (Å²) in [5.41, 5.74) is 0. The number of rotatable bonds is 51. The number of esters is 2. The van der Waals surface area contributed by atoms with E-state index in [1.807, 2.05) is 21.1 Å². The molecule has 0 aromatic heterocycles. The minimum atomic E-state index is -4.62. The molecule has 0 amide bonds. The van der Waals surface area contributed by atoms with Crippen LogP contribution in [0.5, 0.6) is 0 Å². The molecule has 1 unspecified atom stereocenters. The Morgan fingerprint density at radius 1 is 0.429 bits per heavy atom. The van der Waals surface area contributed by atoms with Crippen LogP contribution < -0.4 is 4.89 Å². The Hall–Kier alpha value is -0.990. The van der Waals surface area contributed by atoms with Gasteiger partial charge in [0.1, 0.15) is 19.8 Å². The van der Waals surface area contributed by atoms with Crippen molar-refractivity contribution in [1.82, 2.24) is 0 Å².